The predicted octanol–water partition coefficient (Wildman–Crippen LogP) is 3.50. The number of hydrogen-bond acceptors (Lipinski definition) is 4. The molecule has 1 atom stereocenters. The minimum Gasteiger partial charge on any atom is -0.497 e. The smallest absolute Gasteiger partial charge is 0.127 e. The molecule has 0 aliphatic heterocycles. The Kier molecular flexibility index (Phi) is 7.75. The van der Waals surface area contributed by atoms with Crippen molar-refractivity contribution in [2.75, 3.05) is 32.3 Å². The molecule has 0 aliphatic rings. The summed E-state index contributed by atoms with van der Waals surface area (Å²) in [4.78, 5) is 0. The molecule has 0 spiro atoms. The Balaban J connectivity index is 2.81. The van der Waals surface area contributed by atoms with Crippen LogP contribution in [0.3, 0.4) is 0 Å². The summed E-state index contributed by atoms with van der Waals surface area (Å²) in [6, 6.07) is 6.33. The van der Waals surface area contributed by atoms with Gasteiger partial charge in [0.1, 0.15) is 11.5 Å². The van der Waals surface area contributed by atoms with Crippen LogP contribution in [0.4, 0.5) is 0 Å². The highest BCUT2D eigenvalue weighted by molar-refractivity contribution is 7.98. The average Bonchev–Trinajstić information content (AvgIpc) is 2.44. The van der Waals surface area contributed by atoms with Gasteiger partial charge in [0.25, 0.3) is 0 Å². The molecule has 0 fully saturated rings. The standard InChI is InChI=1S/C15H25NO2S/c1-5-8-16-12(2)14-7-6-13(17-3)11-15(14)18-9-10-19-4/h6-7,11-12,16H,5,8-10H2,1-4H3. The summed E-state index contributed by atoms with van der Waals surface area (Å²) in [6.07, 6.45) is 3.21. The van der Waals surface area contributed by atoms with Gasteiger partial charge in [-0.3, -0.25) is 0 Å². The van der Waals surface area contributed by atoms with Crippen LogP contribution in [-0.2, 0) is 0 Å². The maximum atomic E-state index is 5.88. The van der Waals surface area contributed by atoms with E-state index in [1.807, 2.05) is 12.1 Å². The fourth-order valence-electron chi connectivity index (χ4n) is 1.83. The average molecular weight is 283 g/mol. The van der Waals surface area contributed by atoms with Gasteiger partial charge in [0.05, 0.1) is 13.7 Å². The first-order valence-corrected chi connectivity index (χ1v) is 8.15. The van der Waals surface area contributed by atoms with Crippen molar-refractivity contribution in [3.8, 4) is 11.5 Å². The summed E-state index contributed by atoms with van der Waals surface area (Å²) >= 11 is 1.79. The summed E-state index contributed by atoms with van der Waals surface area (Å²) in [5, 5.41) is 3.49. The monoisotopic (exact) mass is 283 g/mol. The van der Waals surface area contributed by atoms with Crippen LogP contribution in [0.25, 0.3) is 0 Å². The van der Waals surface area contributed by atoms with Gasteiger partial charge in [-0.25, -0.2) is 0 Å². The van der Waals surface area contributed by atoms with Gasteiger partial charge in [0, 0.05) is 23.4 Å². The Labute approximate surface area is 121 Å². The molecule has 1 unspecified atom stereocenters. The van der Waals surface area contributed by atoms with E-state index in [0.29, 0.717) is 0 Å². The molecule has 1 aromatic carbocycles. The van der Waals surface area contributed by atoms with E-state index in [-0.39, 0.29) is 6.04 Å². The molecule has 108 valence electrons. The Bertz CT molecular complexity index is 371. The van der Waals surface area contributed by atoms with Gasteiger partial charge >= 0.3 is 0 Å². The molecule has 0 radical (unpaired) electrons. The largest absolute Gasteiger partial charge is 0.497 e. The van der Waals surface area contributed by atoms with Gasteiger partial charge in [0.15, 0.2) is 0 Å². The first-order valence-electron chi connectivity index (χ1n) is 6.76. The number of rotatable bonds is 9. The van der Waals surface area contributed by atoms with E-state index in [1.54, 1.807) is 18.9 Å². The summed E-state index contributed by atoms with van der Waals surface area (Å²) in [5.74, 6) is 2.75. The van der Waals surface area contributed by atoms with E-state index in [9.17, 15) is 0 Å². The quantitative estimate of drug-likeness (QED) is 0.703. The van der Waals surface area contributed by atoms with Crippen molar-refractivity contribution in [2.45, 2.75) is 26.3 Å². The van der Waals surface area contributed by atoms with E-state index >= 15 is 0 Å². The van der Waals surface area contributed by atoms with Crippen LogP contribution in [0.1, 0.15) is 31.9 Å². The van der Waals surface area contributed by atoms with Crippen molar-refractivity contribution < 1.29 is 9.47 Å². The topological polar surface area (TPSA) is 30.5 Å². The molecule has 19 heavy (non-hydrogen) atoms. The molecular weight excluding hydrogens is 258 g/mol. The maximum Gasteiger partial charge on any atom is 0.127 e. The van der Waals surface area contributed by atoms with Crippen LogP contribution in [0.5, 0.6) is 11.5 Å². The summed E-state index contributed by atoms with van der Waals surface area (Å²) < 4.78 is 11.2. The van der Waals surface area contributed by atoms with Gasteiger partial charge in [-0.1, -0.05) is 13.0 Å². The van der Waals surface area contributed by atoms with E-state index in [1.165, 1.54) is 5.56 Å². The molecule has 0 amide bonds. The van der Waals surface area contributed by atoms with Crippen molar-refractivity contribution in [1.82, 2.24) is 5.32 Å². The zero-order chi connectivity index (χ0) is 14.1. The highest BCUT2D eigenvalue weighted by atomic mass is 32.2. The van der Waals surface area contributed by atoms with Gasteiger partial charge in [-0.2, -0.15) is 11.8 Å². The minimum absolute atomic E-state index is 0.287. The van der Waals surface area contributed by atoms with E-state index in [0.717, 1.165) is 36.8 Å². The highest BCUT2D eigenvalue weighted by Gasteiger charge is 2.12. The van der Waals surface area contributed by atoms with Crippen LogP contribution in [-0.4, -0.2) is 32.3 Å². The third-order valence-electron chi connectivity index (χ3n) is 2.93. The Hall–Kier alpha value is -0.870. The fourth-order valence-corrected chi connectivity index (χ4v) is 2.08. The minimum atomic E-state index is 0.287. The number of methoxy groups -OCH3 is 1. The number of benzene rings is 1. The second-order valence-corrected chi connectivity index (χ2v) is 5.41. The summed E-state index contributed by atoms with van der Waals surface area (Å²) in [6.45, 7) is 6.07. The van der Waals surface area contributed by atoms with Crippen molar-refractivity contribution >= 4 is 11.8 Å². The highest BCUT2D eigenvalue weighted by Crippen LogP contribution is 2.29. The second kappa shape index (κ2) is 9.10. The lowest BCUT2D eigenvalue weighted by Gasteiger charge is -2.19. The van der Waals surface area contributed by atoms with Crippen molar-refractivity contribution in [3.63, 3.8) is 0 Å². The third kappa shape index (κ3) is 5.33. The van der Waals surface area contributed by atoms with Gasteiger partial charge in [-0.05, 0) is 32.2 Å². The molecule has 3 nitrogen and oxygen atoms in total. The SMILES string of the molecule is CCCNC(C)c1ccc(OC)cc1OCCSC. The number of thioether (sulfide) groups is 1. The lowest BCUT2D eigenvalue weighted by molar-refractivity contribution is 0.332. The predicted molar refractivity (Wildman–Crippen MR) is 83.6 cm³/mol. The first-order chi connectivity index (χ1) is 9.22. The summed E-state index contributed by atoms with van der Waals surface area (Å²) in [5.41, 5.74) is 1.19. The zero-order valence-corrected chi connectivity index (χ0v) is 13.2. The molecule has 1 aromatic rings. The lowest BCUT2D eigenvalue weighted by atomic mass is 10.1. The Morgan fingerprint density at radius 3 is 2.79 bits per heavy atom. The molecule has 0 bridgehead atoms. The van der Waals surface area contributed by atoms with Crippen molar-refractivity contribution in [2.24, 2.45) is 0 Å². The molecule has 0 aliphatic carbocycles. The van der Waals surface area contributed by atoms with Crippen molar-refractivity contribution in [3.05, 3.63) is 23.8 Å². The zero-order valence-electron chi connectivity index (χ0n) is 12.4. The molecule has 0 saturated carbocycles. The van der Waals surface area contributed by atoms with Gasteiger partial charge in [-0.15, -0.1) is 0 Å². The molecule has 0 heterocycles. The van der Waals surface area contributed by atoms with Crippen LogP contribution in [0.2, 0.25) is 0 Å². The fraction of sp³-hybridized carbons (Fsp3) is 0.600. The number of hydrogen-bond donors (Lipinski definition) is 1. The second-order valence-electron chi connectivity index (χ2n) is 4.42. The van der Waals surface area contributed by atoms with E-state index in [4.69, 9.17) is 9.47 Å². The van der Waals surface area contributed by atoms with Crippen LogP contribution in [0, 0.1) is 0 Å². The number of nitrogens with one attached hydrogen (secondary N) is 1. The van der Waals surface area contributed by atoms with Crippen molar-refractivity contribution in [1.29, 1.82) is 0 Å². The molecule has 0 aromatic heterocycles. The molecular formula is C15H25NO2S. The number of ether oxygens (including phenoxy) is 2. The molecule has 1 N–H and O–H groups in total. The first kappa shape index (κ1) is 16.2. The third-order valence-corrected chi connectivity index (χ3v) is 3.51. The maximum absolute atomic E-state index is 5.88. The molecule has 1 rings (SSSR count). The normalized spacial score (nSPS) is 12.2. The van der Waals surface area contributed by atoms with Gasteiger partial charge < -0.3 is 14.8 Å². The van der Waals surface area contributed by atoms with E-state index in [2.05, 4.69) is 31.5 Å². The molecule has 0 saturated heterocycles. The van der Waals surface area contributed by atoms with E-state index < -0.39 is 0 Å². The van der Waals surface area contributed by atoms with Crippen LogP contribution >= 0.6 is 11.8 Å². The Morgan fingerprint density at radius 1 is 1.37 bits per heavy atom. The Morgan fingerprint density at radius 2 is 2.16 bits per heavy atom. The van der Waals surface area contributed by atoms with Crippen LogP contribution < -0.4 is 14.8 Å². The lowest BCUT2D eigenvalue weighted by Crippen LogP contribution is -2.20. The van der Waals surface area contributed by atoms with Crippen LogP contribution in [0.15, 0.2) is 18.2 Å². The molecule has 4 heteroatoms. The van der Waals surface area contributed by atoms with Gasteiger partial charge in [0.2, 0.25) is 0 Å². The summed E-state index contributed by atoms with van der Waals surface area (Å²) in [7, 11) is 1.68.